The van der Waals surface area contributed by atoms with Gasteiger partial charge >= 0.3 is 0 Å². The first-order chi connectivity index (χ1) is 27.9. The lowest BCUT2D eigenvalue weighted by atomic mass is 9.81. The van der Waals surface area contributed by atoms with Gasteiger partial charge in [0, 0.05) is 39.5 Å². The quantitative estimate of drug-likeness (QED) is 0.138. The summed E-state index contributed by atoms with van der Waals surface area (Å²) >= 11 is 0. The molecule has 57 heavy (non-hydrogen) atoms. The first kappa shape index (κ1) is 35.5. The Morgan fingerprint density at radius 1 is 0.351 bits per heavy atom. The number of rotatable bonds is 10. The zero-order valence-corrected chi connectivity index (χ0v) is 32.4. The number of hydrogen-bond acceptors (Lipinski definition) is 2. The molecular weight excluding hydrogens is 689 g/mol. The second-order valence-corrected chi connectivity index (χ2v) is 15.2. The first-order valence-electron chi connectivity index (χ1n) is 19.6. The van der Waals surface area contributed by atoms with E-state index in [-0.39, 0.29) is 5.41 Å². The molecule has 0 unspecified atom stereocenters. The van der Waals surface area contributed by atoms with E-state index in [0.717, 1.165) is 45.3 Å². The molecular formula is C55H44N2. The van der Waals surface area contributed by atoms with Crippen LogP contribution in [0.3, 0.4) is 0 Å². The molecule has 0 bridgehead atoms. The summed E-state index contributed by atoms with van der Waals surface area (Å²) in [6.45, 7) is 12.6. The summed E-state index contributed by atoms with van der Waals surface area (Å²) in [6.07, 6.45) is 3.76. The lowest BCUT2D eigenvalue weighted by molar-refractivity contribution is 0.661. The summed E-state index contributed by atoms with van der Waals surface area (Å²) in [5, 5.41) is 0. The maximum absolute atomic E-state index is 3.93. The third-order valence-electron chi connectivity index (χ3n) is 11.4. The number of fused-ring (bicyclic) bond motifs is 3. The molecule has 1 aliphatic carbocycles. The Balaban J connectivity index is 0.996. The molecule has 274 valence electrons. The van der Waals surface area contributed by atoms with Gasteiger partial charge < -0.3 is 9.80 Å². The van der Waals surface area contributed by atoms with Crippen LogP contribution in [0.4, 0.5) is 34.1 Å². The molecule has 0 amide bonds. The van der Waals surface area contributed by atoms with E-state index in [1.807, 2.05) is 12.2 Å². The summed E-state index contributed by atoms with van der Waals surface area (Å²) < 4.78 is 0. The Morgan fingerprint density at radius 3 is 0.982 bits per heavy atom. The zero-order chi connectivity index (χ0) is 38.9. The maximum atomic E-state index is 3.93. The van der Waals surface area contributed by atoms with Crippen molar-refractivity contribution < 1.29 is 0 Å². The van der Waals surface area contributed by atoms with Crippen molar-refractivity contribution in [2.24, 2.45) is 0 Å². The fraction of sp³-hybridized carbons (Fsp3) is 0.0545. The van der Waals surface area contributed by atoms with E-state index in [2.05, 4.69) is 231 Å². The van der Waals surface area contributed by atoms with Gasteiger partial charge in [0.25, 0.3) is 0 Å². The molecule has 0 saturated heterocycles. The number of nitrogens with zero attached hydrogens (tertiary/aromatic N) is 2. The van der Waals surface area contributed by atoms with E-state index in [0.29, 0.717) is 0 Å². The largest absolute Gasteiger partial charge is 0.311 e. The van der Waals surface area contributed by atoms with Gasteiger partial charge in [0.2, 0.25) is 0 Å². The molecule has 0 saturated carbocycles. The standard InChI is InChI=1S/C55H44N2/c1-5-39-17-27-47(28-18-39)56(45-13-9-7-10-14-45)49-31-21-41(22-32-49)43-25-35-51-52-36-26-44(38-54(52)55(3,4)53(51)37-43)42-23-33-50(34-24-42)57(46-15-11-8-12-16-46)48-29-19-40(6-2)20-30-48/h5-38H,1-2H2,3-4H3. The third kappa shape index (κ3) is 6.66. The van der Waals surface area contributed by atoms with Crippen LogP contribution < -0.4 is 9.80 Å². The number of benzene rings is 8. The van der Waals surface area contributed by atoms with Gasteiger partial charge in [-0.15, -0.1) is 0 Å². The second kappa shape index (κ2) is 14.8. The van der Waals surface area contributed by atoms with Gasteiger partial charge in [-0.05, 0) is 141 Å². The van der Waals surface area contributed by atoms with Crippen molar-refractivity contribution in [3.05, 3.63) is 230 Å². The summed E-state index contributed by atoms with van der Waals surface area (Å²) in [6, 6.07) is 70.0. The average Bonchev–Trinajstić information content (AvgIpc) is 3.50. The average molecular weight is 733 g/mol. The van der Waals surface area contributed by atoms with E-state index < -0.39 is 0 Å². The fourth-order valence-corrected chi connectivity index (χ4v) is 8.27. The van der Waals surface area contributed by atoms with Gasteiger partial charge in [-0.1, -0.05) is 148 Å². The van der Waals surface area contributed by atoms with Gasteiger partial charge in [-0.3, -0.25) is 0 Å². The molecule has 9 rings (SSSR count). The number of para-hydroxylation sites is 2. The van der Waals surface area contributed by atoms with Crippen LogP contribution in [0.5, 0.6) is 0 Å². The van der Waals surface area contributed by atoms with Crippen LogP contribution in [-0.4, -0.2) is 0 Å². The Hall–Kier alpha value is -7.16. The highest BCUT2D eigenvalue weighted by atomic mass is 15.1. The topological polar surface area (TPSA) is 6.48 Å². The highest BCUT2D eigenvalue weighted by molar-refractivity contribution is 5.87. The van der Waals surface area contributed by atoms with Crippen molar-refractivity contribution in [3.8, 4) is 33.4 Å². The van der Waals surface area contributed by atoms with Crippen LogP contribution in [0.15, 0.2) is 207 Å². The predicted octanol–water partition coefficient (Wildman–Crippen LogP) is 15.6. The lowest BCUT2D eigenvalue weighted by Crippen LogP contribution is -2.15. The molecule has 0 aromatic heterocycles. The summed E-state index contributed by atoms with van der Waals surface area (Å²) in [7, 11) is 0. The Labute approximate surface area is 337 Å². The molecule has 2 heteroatoms. The van der Waals surface area contributed by atoms with Gasteiger partial charge in [0.15, 0.2) is 0 Å². The third-order valence-corrected chi connectivity index (χ3v) is 11.4. The van der Waals surface area contributed by atoms with Crippen LogP contribution in [-0.2, 0) is 5.41 Å². The van der Waals surface area contributed by atoms with Gasteiger partial charge in [0.05, 0.1) is 0 Å². The highest BCUT2D eigenvalue weighted by Crippen LogP contribution is 2.51. The minimum atomic E-state index is -0.153. The molecule has 0 heterocycles. The minimum absolute atomic E-state index is 0.153. The summed E-state index contributed by atoms with van der Waals surface area (Å²) in [5.74, 6) is 0. The van der Waals surface area contributed by atoms with Crippen LogP contribution in [0.25, 0.3) is 45.5 Å². The van der Waals surface area contributed by atoms with Gasteiger partial charge in [0.1, 0.15) is 0 Å². The van der Waals surface area contributed by atoms with E-state index in [9.17, 15) is 0 Å². The van der Waals surface area contributed by atoms with Crippen LogP contribution in [0.1, 0.15) is 36.1 Å². The molecule has 0 spiro atoms. The summed E-state index contributed by atoms with van der Waals surface area (Å²) in [4.78, 5) is 4.59. The van der Waals surface area contributed by atoms with Crippen molar-refractivity contribution >= 4 is 46.3 Å². The van der Waals surface area contributed by atoms with E-state index in [1.165, 1.54) is 44.5 Å². The van der Waals surface area contributed by atoms with Crippen molar-refractivity contribution in [2.45, 2.75) is 19.3 Å². The molecule has 0 atom stereocenters. The second-order valence-electron chi connectivity index (χ2n) is 15.2. The SMILES string of the molecule is C=Cc1ccc(N(c2ccccc2)c2ccc(-c3ccc4c(c3)C(C)(C)c3cc(-c5ccc(N(c6ccccc6)c6ccc(C=C)cc6)cc5)ccc3-4)cc2)cc1. The smallest absolute Gasteiger partial charge is 0.0462 e. The fourth-order valence-electron chi connectivity index (χ4n) is 8.27. The van der Waals surface area contributed by atoms with Crippen molar-refractivity contribution in [1.82, 2.24) is 0 Å². The number of hydrogen-bond donors (Lipinski definition) is 0. The van der Waals surface area contributed by atoms with Crippen molar-refractivity contribution in [3.63, 3.8) is 0 Å². The normalized spacial score (nSPS) is 12.3. The molecule has 8 aromatic carbocycles. The molecule has 1 aliphatic rings. The van der Waals surface area contributed by atoms with Crippen LogP contribution in [0.2, 0.25) is 0 Å². The van der Waals surface area contributed by atoms with Gasteiger partial charge in [-0.2, -0.15) is 0 Å². The van der Waals surface area contributed by atoms with E-state index in [4.69, 9.17) is 0 Å². The van der Waals surface area contributed by atoms with Crippen LogP contribution >= 0.6 is 0 Å². The van der Waals surface area contributed by atoms with Crippen LogP contribution in [0, 0.1) is 0 Å². The predicted molar refractivity (Wildman–Crippen MR) is 244 cm³/mol. The molecule has 8 aromatic rings. The van der Waals surface area contributed by atoms with Crippen molar-refractivity contribution in [2.75, 3.05) is 9.80 Å². The molecule has 0 N–H and O–H groups in total. The zero-order valence-electron chi connectivity index (χ0n) is 32.4. The molecule has 0 aliphatic heterocycles. The van der Waals surface area contributed by atoms with Gasteiger partial charge in [-0.25, -0.2) is 0 Å². The maximum Gasteiger partial charge on any atom is 0.0462 e. The van der Waals surface area contributed by atoms with E-state index >= 15 is 0 Å². The number of anilines is 6. The molecule has 0 radical (unpaired) electrons. The lowest BCUT2D eigenvalue weighted by Gasteiger charge is -2.26. The Kier molecular flexibility index (Phi) is 9.24. The Bertz CT molecular complexity index is 2500. The van der Waals surface area contributed by atoms with E-state index in [1.54, 1.807) is 0 Å². The molecule has 0 fully saturated rings. The Morgan fingerprint density at radius 2 is 0.649 bits per heavy atom. The monoisotopic (exact) mass is 732 g/mol. The minimum Gasteiger partial charge on any atom is -0.311 e. The molecule has 2 nitrogen and oxygen atoms in total. The first-order valence-corrected chi connectivity index (χ1v) is 19.6. The summed E-state index contributed by atoms with van der Waals surface area (Å²) in [5.41, 5.74) is 18.9. The highest BCUT2D eigenvalue weighted by Gasteiger charge is 2.36. The van der Waals surface area contributed by atoms with Crippen molar-refractivity contribution in [1.29, 1.82) is 0 Å².